The van der Waals surface area contributed by atoms with Gasteiger partial charge in [0.2, 0.25) is 0 Å². The van der Waals surface area contributed by atoms with Gasteiger partial charge in [-0.15, -0.1) is 0 Å². The maximum absolute atomic E-state index is 5.81. The molecule has 1 aromatic rings. The average molecular weight is 265 g/mol. The largest absolute Gasteiger partial charge is 0.496 e. The summed E-state index contributed by atoms with van der Waals surface area (Å²) in [6.07, 6.45) is 0.991. The molecule has 0 aliphatic carbocycles. The molecule has 0 amide bonds. The highest BCUT2D eigenvalue weighted by molar-refractivity contribution is 5.34. The summed E-state index contributed by atoms with van der Waals surface area (Å²) in [4.78, 5) is 0. The van der Waals surface area contributed by atoms with Crippen molar-refractivity contribution < 1.29 is 14.2 Å². The molecule has 1 fully saturated rings. The smallest absolute Gasteiger partial charge is 0.122 e. The Hall–Kier alpha value is -1.10. The van der Waals surface area contributed by atoms with Crippen LogP contribution in [0.4, 0.5) is 0 Å². The van der Waals surface area contributed by atoms with Gasteiger partial charge >= 0.3 is 0 Å². The molecule has 0 radical (unpaired) electrons. The summed E-state index contributed by atoms with van der Waals surface area (Å²) < 4.78 is 16.7. The van der Waals surface area contributed by atoms with E-state index in [1.54, 1.807) is 7.11 Å². The van der Waals surface area contributed by atoms with E-state index in [-0.39, 0.29) is 12.1 Å². The van der Waals surface area contributed by atoms with Crippen LogP contribution in [0.15, 0.2) is 24.3 Å². The van der Waals surface area contributed by atoms with Crippen LogP contribution in [0.2, 0.25) is 0 Å². The summed E-state index contributed by atoms with van der Waals surface area (Å²) in [5.41, 5.74) is 1.20. The summed E-state index contributed by atoms with van der Waals surface area (Å²) in [5, 5.41) is 3.49. The number of hydrogen-bond donors (Lipinski definition) is 1. The molecular weight excluding hydrogens is 242 g/mol. The molecule has 2 atom stereocenters. The lowest BCUT2D eigenvalue weighted by molar-refractivity contribution is -0.101. The van der Waals surface area contributed by atoms with E-state index in [0.29, 0.717) is 19.8 Å². The number of para-hydroxylation sites is 1. The molecular formula is C15H23NO3. The Morgan fingerprint density at radius 3 is 2.89 bits per heavy atom. The van der Waals surface area contributed by atoms with Gasteiger partial charge in [0.25, 0.3) is 0 Å². The van der Waals surface area contributed by atoms with E-state index in [1.807, 2.05) is 18.2 Å². The van der Waals surface area contributed by atoms with Crippen LogP contribution >= 0.6 is 0 Å². The third-order valence-corrected chi connectivity index (χ3v) is 3.39. The van der Waals surface area contributed by atoms with Gasteiger partial charge in [-0.25, -0.2) is 0 Å². The zero-order chi connectivity index (χ0) is 13.5. The van der Waals surface area contributed by atoms with Crippen molar-refractivity contribution >= 4 is 0 Å². The van der Waals surface area contributed by atoms with Crippen LogP contribution in [-0.4, -0.2) is 45.6 Å². The lowest BCUT2D eigenvalue weighted by Gasteiger charge is -2.31. The number of benzene rings is 1. The van der Waals surface area contributed by atoms with E-state index in [4.69, 9.17) is 14.2 Å². The van der Waals surface area contributed by atoms with Crippen molar-refractivity contribution in [3.05, 3.63) is 29.8 Å². The molecule has 1 aliphatic rings. The van der Waals surface area contributed by atoms with Gasteiger partial charge in [-0.1, -0.05) is 25.1 Å². The van der Waals surface area contributed by atoms with Crippen molar-refractivity contribution in [2.45, 2.75) is 25.5 Å². The van der Waals surface area contributed by atoms with Crippen molar-refractivity contribution in [1.82, 2.24) is 5.32 Å². The predicted molar refractivity (Wildman–Crippen MR) is 74.7 cm³/mol. The quantitative estimate of drug-likeness (QED) is 0.848. The molecule has 0 spiro atoms. The van der Waals surface area contributed by atoms with E-state index in [1.165, 1.54) is 5.56 Å². The molecule has 0 aromatic heterocycles. The molecule has 19 heavy (non-hydrogen) atoms. The van der Waals surface area contributed by atoms with Gasteiger partial charge < -0.3 is 19.5 Å². The summed E-state index contributed by atoms with van der Waals surface area (Å²) in [6.45, 7) is 5.06. The highest BCUT2D eigenvalue weighted by Gasteiger charge is 2.25. The molecule has 2 unspecified atom stereocenters. The second kappa shape index (κ2) is 7.48. The first-order valence-electron chi connectivity index (χ1n) is 6.89. The fraction of sp³-hybridized carbons (Fsp3) is 0.600. The average Bonchev–Trinajstić information content (AvgIpc) is 2.48. The molecule has 2 rings (SSSR count). The van der Waals surface area contributed by atoms with Crippen LogP contribution in [-0.2, 0) is 15.9 Å². The third-order valence-electron chi connectivity index (χ3n) is 3.39. The van der Waals surface area contributed by atoms with E-state index < -0.39 is 0 Å². The minimum Gasteiger partial charge on any atom is -0.496 e. The summed E-state index contributed by atoms with van der Waals surface area (Å²) in [5.74, 6) is 0.933. The van der Waals surface area contributed by atoms with Crippen LogP contribution in [0.25, 0.3) is 0 Å². The highest BCUT2D eigenvalue weighted by atomic mass is 16.6. The lowest BCUT2D eigenvalue weighted by atomic mass is 10.00. The molecule has 0 bridgehead atoms. The molecule has 1 heterocycles. The van der Waals surface area contributed by atoms with Crippen LogP contribution < -0.4 is 10.1 Å². The van der Waals surface area contributed by atoms with Crippen molar-refractivity contribution in [3.8, 4) is 5.75 Å². The van der Waals surface area contributed by atoms with Crippen molar-refractivity contribution in [1.29, 1.82) is 0 Å². The Kier molecular flexibility index (Phi) is 5.63. The number of hydrogen-bond acceptors (Lipinski definition) is 4. The molecule has 1 N–H and O–H groups in total. The first-order chi connectivity index (χ1) is 9.35. The minimum absolute atomic E-state index is 0.110. The Balaban J connectivity index is 2.06. The second-order valence-corrected chi connectivity index (χ2v) is 4.66. The summed E-state index contributed by atoms with van der Waals surface area (Å²) >= 11 is 0. The van der Waals surface area contributed by atoms with E-state index >= 15 is 0 Å². The summed E-state index contributed by atoms with van der Waals surface area (Å²) in [7, 11) is 1.71. The fourth-order valence-electron chi connectivity index (χ4n) is 2.44. The van der Waals surface area contributed by atoms with E-state index in [2.05, 4.69) is 18.3 Å². The number of methoxy groups -OCH3 is 1. The third kappa shape index (κ3) is 3.93. The zero-order valence-electron chi connectivity index (χ0n) is 11.7. The number of ether oxygens (including phenoxy) is 3. The van der Waals surface area contributed by atoms with Crippen molar-refractivity contribution in [2.75, 3.05) is 33.5 Å². The van der Waals surface area contributed by atoms with Crippen LogP contribution in [0, 0.1) is 0 Å². The first-order valence-corrected chi connectivity index (χ1v) is 6.89. The number of rotatable bonds is 6. The normalized spacial score (nSPS) is 21.1. The molecule has 106 valence electrons. The van der Waals surface area contributed by atoms with E-state index in [0.717, 1.165) is 18.7 Å². The predicted octanol–water partition coefficient (Wildman–Crippen LogP) is 1.63. The second-order valence-electron chi connectivity index (χ2n) is 4.66. The standard InChI is InChI=1S/C15H23NO3/c1-3-16-13(15-11-18-8-9-19-15)10-12-6-4-5-7-14(12)17-2/h4-7,13,15-16H,3,8-11H2,1-2H3. The lowest BCUT2D eigenvalue weighted by Crippen LogP contribution is -2.47. The van der Waals surface area contributed by atoms with Gasteiger partial charge in [-0.2, -0.15) is 0 Å². The Morgan fingerprint density at radius 1 is 1.37 bits per heavy atom. The molecule has 1 aromatic carbocycles. The minimum atomic E-state index is 0.110. The molecule has 4 heteroatoms. The molecule has 1 aliphatic heterocycles. The maximum Gasteiger partial charge on any atom is 0.122 e. The zero-order valence-corrected chi connectivity index (χ0v) is 11.7. The summed E-state index contributed by atoms with van der Waals surface area (Å²) in [6, 6.07) is 8.38. The van der Waals surface area contributed by atoms with Crippen LogP contribution in [0.3, 0.4) is 0 Å². The first kappa shape index (κ1) is 14.3. The molecule has 0 saturated carbocycles. The van der Waals surface area contributed by atoms with Gasteiger partial charge in [0, 0.05) is 6.04 Å². The number of likely N-dealkylation sites (N-methyl/N-ethyl adjacent to an activating group) is 1. The monoisotopic (exact) mass is 265 g/mol. The van der Waals surface area contributed by atoms with E-state index in [9.17, 15) is 0 Å². The maximum atomic E-state index is 5.81. The van der Waals surface area contributed by atoms with Gasteiger partial charge in [-0.05, 0) is 24.6 Å². The number of nitrogens with one attached hydrogen (secondary N) is 1. The van der Waals surface area contributed by atoms with Gasteiger partial charge in [0.1, 0.15) is 5.75 Å². The van der Waals surface area contributed by atoms with Crippen molar-refractivity contribution in [3.63, 3.8) is 0 Å². The van der Waals surface area contributed by atoms with Crippen LogP contribution in [0.1, 0.15) is 12.5 Å². The molecule has 4 nitrogen and oxygen atoms in total. The Labute approximate surface area is 115 Å². The van der Waals surface area contributed by atoms with Crippen LogP contribution in [0.5, 0.6) is 5.75 Å². The molecule has 1 saturated heterocycles. The Morgan fingerprint density at radius 2 is 2.21 bits per heavy atom. The highest BCUT2D eigenvalue weighted by Crippen LogP contribution is 2.21. The van der Waals surface area contributed by atoms with Crippen molar-refractivity contribution in [2.24, 2.45) is 0 Å². The topological polar surface area (TPSA) is 39.7 Å². The SMILES string of the molecule is CCNC(Cc1ccccc1OC)C1COCCO1. The van der Waals surface area contributed by atoms with Gasteiger partial charge in [0.15, 0.2) is 0 Å². The Bertz CT molecular complexity index is 377. The van der Waals surface area contributed by atoms with Gasteiger partial charge in [-0.3, -0.25) is 0 Å². The fourth-order valence-corrected chi connectivity index (χ4v) is 2.44. The van der Waals surface area contributed by atoms with Gasteiger partial charge in [0.05, 0.1) is 33.0 Å².